The molecule has 3 heterocycles. The SMILES string of the molecule is CCOc1cc(C(=N)c2cnc(N3CC4(CCCCN4)C3)c(C#N)c2)c(N)cc1OC. The monoisotopic (exact) mass is 420 g/mol. The van der Waals surface area contributed by atoms with Crippen molar-refractivity contribution >= 4 is 17.2 Å². The standard InChI is InChI=1S/C23H28N6O2/c1-3-31-20-9-17(18(25)10-19(20)30-2)21(26)16-8-15(11-24)22(27-12-16)29-13-23(14-29)6-4-5-7-28-23/h8-10,12,26,28H,3-7,13-14,25H2,1-2H3. The zero-order chi connectivity index (χ0) is 22.0. The number of anilines is 2. The molecule has 1 aromatic heterocycles. The lowest BCUT2D eigenvalue weighted by atomic mass is 9.81. The van der Waals surface area contributed by atoms with Gasteiger partial charge in [0, 0.05) is 42.2 Å². The van der Waals surface area contributed by atoms with E-state index in [1.807, 2.05) is 6.92 Å². The van der Waals surface area contributed by atoms with Gasteiger partial charge in [-0.05, 0) is 38.4 Å². The molecule has 2 aliphatic heterocycles. The summed E-state index contributed by atoms with van der Waals surface area (Å²) in [4.78, 5) is 6.69. The smallest absolute Gasteiger partial charge is 0.162 e. The van der Waals surface area contributed by atoms with Gasteiger partial charge in [0.15, 0.2) is 11.5 Å². The largest absolute Gasteiger partial charge is 0.493 e. The Kier molecular flexibility index (Phi) is 5.70. The lowest BCUT2D eigenvalue weighted by Gasteiger charge is -2.53. The predicted molar refractivity (Wildman–Crippen MR) is 120 cm³/mol. The lowest BCUT2D eigenvalue weighted by Crippen LogP contribution is -2.70. The molecule has 0 atom stereocenters. The minimum Gasteiger partial charge on any atom is -0.493 e. The maximum atomic E-state index is 9.74. The van der Waals surface area contributed by atoms with E-state index in [0.717, 1.165) is 26.1 Å². The lowest BCUT2D eigenvalue weighted by molar-refractivity contribution is 0.201. The second-order valence-electron chi connectivity index (χ2n) is 8.13. The van der Waals surface area contributed by atoms with Gasteiger partial charge in [0.1, 0.15) is 11.9 Å². The highest BCUT2D eigenvalue weighted by atomic mass is 16.5. The van der Waals surface area contributed by atoms with E-state index in [0.29, 0.717) is 46.3 Å². The normalized spacial score (nSPS) is 17.0. The molecule has 31 heavy (non-hydrogen) atoms. The molecule has 2 fully saturated rings. The van der Waals surface area contributed by atoms with Gasteiger partial charge in [-0.15, -0.1) is 0 Å². The maximum Gasteiger partial charge on any atom is 0.162 e. The Bertz CT molecular complexity index is 1030. The summed E-state index contributed by atoms with van der Waals surface area (Å²) < 4.78 is 10.9. The molecule has 2 aromatic rings. The molecule has 162 valence electrons. The first-order valence-electron chi connectivity index (χ1n) is 10.6. The van der Waals surface area contributed by atoms with E-state index in [4.69, 9.17) is 20.6 Å². The molecular weight excluding hydrogens is 392 g/mol. The molecule has 4 rings (SSSR count). The molecule has 0 bridgehead atoms. The first kappa shape index (κ1) is 20.9. The summed E-state index contributed by atoms with van der Waals surface area (Å²) in [5.41, 5.74) is 8.44. The van der Waals surface area contributed by atoms with Crippen molar-refractivity contribution in [3.63, 3.8) is 0 Å². The van der Waals surface area contributed by atoms with Gasteiger partial charge in [-0.25, -0.2) is 4.98 Å². The average Bonchev–Trinajstić information content (AvgIpc) is 2.78. The van der Waals surface area contributed by atoms with Crippen molar-refractivity contribution in [2.24, 2.45) is 0 Å². The molecule has 2 aliphatic rings. The second-order valence-corrected chi connectivity index (χ2v) is 8.13. The van der Waals surface area contributed by atoms with Crippen molar-refractivity contribution < 1.29 is 9.47 Å². The van der Waals surface area contributed by atoms with Crippen molar-refractivity contribution in [2.75, 3.05) is 44.0 Å². The van der Waals surface area contributed by atoms with Crippen LogP contribution in [0.3, 0.4) is 0 Å². The number of piperidine rings is 1. The molecule has 4 N–H and O–H groups in total. The van der Waals surface area contributed by atoms with Gasteiger partial charge >= 0.3 is 0 Å². The van der Waals surface area contributed by atoms with Crippen LogP contribution in [-0.4, -0.2) is 49.6 Å². The van der Waals surface area contributed by atoms with Crippen LogP contribution in [0.25, 0.3) is 0 Å². The number of ether oxygens (including phenoxy) is 2. The highest BCUT2D eigenvalue weighted by Gasteiger charge is 2.44. The quantitative estimate of drug-likeness (QED) is 0.485. The molecule has 8 nitrogen and oxygen atoms in total. The van der Waals surface area contributed by atoms with Crippen molar-refractivity contribution in [2.45, 2.75) is 31.7 Å². The van der Waals surface area contributed by atoms with E-state index in [9.17, 15) is 5.26 Å². The van der Waals surface area contributed by atoms with E-state index < -0.39 is 0 Å². The van der Waals surface area contributed by atoms with Crippen LogP contribution < -0.4 is 25.4 Å². The Morgan fingerprint density at radius 2 is 2.13 bits per heavy atom. The summed E-state index contributed by atoms with van der Waals surface area (Å²) in [6, 6.07) is 7.32. The fourth-order valence-corrected chi connectivity index (χ4v) is 4.44. The number of benzene rings is 1. The maximum absolute atomic E-state index is 9.74. The average molecular weight is 421 g/mol. The number of methoxy groups -OCH3 is 1. The van der Waals surface area contributed by atoms with E-state index in [2.05, 4.69) is 21.3 Å². The van der Waals surface area contributed by atoms with E-state index in [1.54, 1.807) is 31.5 Å². The first-order chi connectivity index (χ1) is 15.0. The van der Waals surface area contributed by atoms with Crippen LogP contribution in [0.15, 0.2) is 24.4 Å². The van der Waals surface area contributed by atoms with E-state index in [-0.39, 0.29) is 11.3 Å². The summed E-state index contributed by atoms with van der Waals surface area (Å²) in [6.45, 7) is 5.11. The number of nitriles is 1. The van der Waals surface area contributed by atoms with Crippen LogP contribution in [0.1, 0.15) is 42.9 Å². The minimum absolute atomic E-state index is 0.158. The third kappa shape index (κ3) is 3.89. The van der Waals surface area contributed by atoms with E-state index in [1.165, 1.54) is 12.8 Å². The van der Waals surface area contributed by atoms with Crippen LogP contribution in [0.4, 0.5) is 11.5 Å². The van der Waals surface area contributed by atoms with Crippen molar-refractivity contribution in [3.05, 3.63) is 41.1 Å². The van der Waals surface area contributed by atoms with Gasteiger partial charge < -0.3 is 25.4 Å². The zero-order valence-corrected chi connectivity index (χ0v) is 18.0. The molecule has 0 amide bonds. The molecule has 1 aromatic carbocycles. The number of hydrogen-bond acceptors (Lipinski definition) is 8. The number of rotatable bonds is 6. The summed E-state index contributed by atoms with van der Waals surface area (Å²) in [6.07, 6.45) is 5.26. The topological polar surface area (TPSA) is 120 Å². The van der Waals surface area contributed by atoms with Crippen molar-refractivity contribution in [3.8, 4) is 17.6 Å². The van der Waals surface area contributed by atoms with E-state index >= 15 is 0 Å². The number of nitrogen functional groups attached to an aromatic ring is 1. The highest BCUT2D eigenvalue weighted by molar-refractivity contribution is 6.14. The van der Waals surface area contributed by atoms with Gasteiger partial charge in [-0.1, -0.05) is 6.42 Å². The summed E-state index contributed by atoms with van der Waals surface area (Å²) in [5, 5.41) is 22.0. The third-order valence-electron chi connectivity index (χ3n) is 6.05. The molecule has 2 saturated heterocycles. The third-order valence-corrected chi connectivity index (χ3v) is 6.05. The minimum atomic E-state index is 0.158. The molecule has 0 aliphatic carbocycles. The summed E-state index contributed by atoms with van der Waals surface area (Å²) in [5.74, 6) is 1.72. The second kappa shape index (κ2) is 8.44. The molecule has 8 heteroatoms. The first-order valence-corrected chi connectivity index (χ1v) is 10.6. The molecule has 0 unspecified atom stereocenters. The zero-order valence-electron chi connectivity index (χ0n) is 18.0. The van der Waals surface area contributed by atoms with Gasteiger partial charge in [0.2, 0.25) is 0 Å². The number of pyridine rings is 1. The van der Waals surface area contributed by atoms with Crippen molar-refractivity contribution in [1.29, 1.82) is 10.7 Å². The Morgan fingerprint density at radius 3 is 2.77 bits per heavy atom. The Labute approximate surface area is 182 Å². The molecular formula is C23H28N6O2. The van der Waals surface area contributed by atoms with Crippen LogP contribution in [0.5, 0.6) is 11.5 Å². The van der Waals surface area contributed by atoms with Crippen molar-refractivity contribution in [1.82, 2.24) is 10.3 Å². The number of aromatic nitrogens is 1. The predicted octanol–water partition coefficient (Wildman–Crippen LogP) is 2.69. The van der Waals surface area contributed by atoms with Crippen LogP contribution in [0, 0.1) is 16.7 Å². The number of hydrogen-bond donors (Lipinski definition) is 3. The molecule has 0 saturated carbocycles. The van der Waals surface area contributed by atoms with Crippen LogP contribution in [0.2, 0.25) is 0 Å². The Morgan fingerprint density at radius 1 is 1.32 bits per heavy atom. The molecule has 1 spiro atoms. The van der Waals surface area contributed by atoms with Gasteiger partial charge in [0.05, 0.1) is 30.5 Å². The van der Waals surface area contributed by atoms with Gasteiger partial charge in [0.25, 0.3) is 0 Å². The van der Waals surface area contributed by atoms with Crippen LogP contribution >= 0.6 is 0 Å². The fourth-order valence-electron chi connectivity index (χ4n) is 4.44. The number of nitrogens with zero attached hydrogens (tertiary/aromatic N) is 3. The molecule has 0 radical (unpaired) electrons. The number of nitrogens with two attached hydrogens (primary N) is 1. The fraction of sp³-hybridized carbons (Fsp3) is 0.435. The van der Waals surface area contributed by atoms with Gasteiger partial charge in [-0.3, -0.25) is 5.41 Å². The van der Waals surface area contributed by atoms with Crippen LogP contribution in [-0.2, 0) is 0 Å². The number of nitrogens with one attached hydrogen (secondary N) is 2. The summed E-state index contributed by atoms with van der Waals surface area (Å²) in [7, 11) is 1.55. The summed E-state index contributed by atoms with van der Waals surface area (Å²) >= 11 is 0. The highest BCUT2D eigenvalue weighted by Crippen LogP contribution is 2.36. The Balaban J connectivity index is 1.59. The van der Waals surface area contributed by atoms with Gasteiger partial charge in [-0.2, -0.15) is 5.26 Å². The Hall–Kier alpha value is -3.31.